The van der Waals surface area contributed by atoms with Gasteiger partial charge in [-0.2, -0.15) is 0 Å². The lowest BCUT2D eigenvalue weighted by Gasteiger charge is -2.31. The van der Waals surface area contributed by atoms with Gasteiger partial charge in [-0.1, -0.05) is 48.7 Å². The lowest BCUT2D eigenvalue weighted by atomic mass is 10.1. The maximum Gasteiger partial charge on any atom is 0.244 e. The van der Waals surface area contributed by atoms with E-state index in [0.29, 0.717) is 12.3 Å². The number of rotatable bonds is 12. The van der Waals surface area contributed by atoms with Crippen LogP contribution in [0.1, 0.15) is 32.3 Å². The molecule has 2 rings (SSSR count). The third kappa shape index (κ3) is 8.30. The molecule has 1 N–H and O–H groups in total. The standard InChI is InChI=1S/C24H31Cl2N3O5S/c1-5-6-13-27-24(31)17(2)28(15-18-7-10-20(34-3)11-8-18)23(30)16-29(35(4,32)33)22-14-19(25)9-12-21(22)26/h7-12,14,17H,5-6,13,15-16H2,1-4H3,(H,27,31). The van der Waals surface area contributed by atoms with Crippen LogP contribution in [0.4, 0.5) is 5.69 Å². The summed E-state index contributed by atoms with van der Waals surface area (Å²) in [7, 11) is -2.36. The Bertz CT molecular complexity index is 1130. The fourth-order valence-electron chi connectivity index (χ4n) is 3.32. The zero-order valence-corrected chi connectivity index (χ0v) is 22.6. The van der Waals surface area contributed by atoms with Gasteiger partial charge >= 0.3 is 0 Å². The molecule has 0 heterocycles. The normalized spacial score (nSPS) is 12.1. The number of amides is 2. The Kier molecular flexibility index (Phi) is 10.7. The van der Waals surface area contributed by atoms with Gasteiger partial charge < -0.3 is 15.0 Å². The first-order chi connectivity index (χ1) is 16.5. The summed E-state index contributed by atoms with van der Waals surface area (Å²) in [6.07, 6.45) is 2.69. The van der Waals surface area contributed by atoms with Crippen molar-refractivity contribution in [3.05, 3.63) is 58.1 Å². The van der Waals surface area contributed by atoms with Crippen molar-refractivity contribution >= 4 is 50.7 Å². The second kappa shape index (κ2) is 13.0. The van der Waals surface area contributed by atoms with Gasteiger partial charge in [0.15, 0.2) is 0 Å². The minimum atomic E-state index is -3.91. The van der Waals surface area contributed by atoms with Crippen molar-refractivity contribution in [3.8, 4) is 5.75 Å². The molecular formula is C24H31Cl2N3O5S. The molecule has 0 aliphatic heterocycles. The predicted molar refractivity (Wildman–Crippen MR) is 140 cm³/mol. The lowest BCUT2D eigenvalue weighted by Crippen LogP contribution is -2.51. The quantitative estimate of drug-likeness (QED) is 0.406. The number of carbonyl (C=O) groups excluding carboxylic acids is 2. The molecule has 0 radical (unpaired) electrons. The summed E-state index contributed by atoms with van der Waals surface area (Å²) in [6, 6.07) is 10.6. The Morgan fingerprint density at radius 3 is 2.34 bits per heavy atom. The van der Waals surface area contributed by atoms with E-state index in [1.807, 2.05) is 6.92 Å². The van der Waals surface area contributed by atoms with E-state index < -0.39 is 28.5 Å². The second-order valence-electron chi connectivity index (χ2n) is 8.06. The SMILES string of the molecule is CCCCNC(=O)C(C)N(Cc1ccc(OC)cc1)C(=O)CN(c1cc(Cl)ccc1Cl)S(C)(=O)=O. The average Bonchev–Trinajstić information content (AvgIpc) is 2.81. The molecule has 0 fully saturated rings. The zero-order chi connectivity index (χ0) is 26.2. The van der Waals surface area contributed by atoms with Crippen LogP contribution in [0.3, 0.4) is 0 Å². The van der Waals surface area contributed by atoms with Crippen molar-refractivity contribution in [1.29, 1.82) is 0 Å². The van der Waals surface area contributed by atoms with E-state index in [0.717, 1.165) is 29.0 Å². The van der Waals surface area contributed by atoms with Gasteiger partial charge in [-0.05, 0) is 49.2 Å². The number of benzene rings is 2. The van der Waals surface area contributed by atoms with Crippen molar-refractivity contribution in [2.45, 2.75) is 39.3 Å². The van der Waals surface area contributed by atoms with Crippen molar-refractivity contribution < 1.29 is 22.7 Å². The first kappa shape index (κ1) is 28.7. The Balaban J connectivity index is 2.38. The van der Waals surface area contributed by atoms with Crippen LogP contribution in [0.25, 0.3) is 0 Å². The summed E-state index contributed by atoms with van der Waals surface area (Å²) < 4.78 is 31.3. The van der Waals surface area contributed by atoms with Crippen molar-refractivity contribution in [2.75, 3.05) is 30.8 Å². The van der Waals surface area contributed by atoms with Crippen LogP contribution in [0.15, 0.2) is 42.5 Å². The van der Waals surface area contributed by atoms with Gasteiger partial charge in [-0.3, -0.25) is 13.9 Å². The molecule has 1 unspecified atom stereocenters. The maximum absolute atomic E-state index is 13.5. The summed E-state index contributed by atoms with van der Waals surface area (Å²) in [4.78, 5) is 27.7. The van der Waals surface area contributed by atoms with E-state index in [-0.39, 0.29) is 28.2 Å². The highest BCUT2D eigenvalue weighted by Crippen LogP contribution is 2.31. The van der Waals surface area contributed by atoms with Crippen LogP contribution in [0.2, 0.25) is 10.0 Å². The van der Waals surface area contributed by atoms with E-state index in [4.69, 9.17) is 27.9 Å². The Morgan fingerprint density at radius 2 is 1.77 bits per heavy atom. The largest absolute Gasteiger partial charge is 0.497 e. The molecule has 192 valence electrons. The topological polar surface area (TPSA) is 96.0 Å². The van der Waals surface area contributed by atoms with Crippen molar-refractivity contribution in [1.82, 2.24) is 10.2 Å². The van der Waals surface area contributed by atoms with E-state index in [2.05, 4.69) is 5.32 Å². The van der Waals surface area contributed by atoms with Gasteiger partial charge in [0.05, 0.1) is 24.1 Å². The minimum absolute atomic E-state index is 0.0828. The number of halogens is 2. The first-order valence-corrected chi connectivity index (χ1v) is 13.7. The molecule has 8 nitrogen and oxygen atoms in total. The van der Waals surface area contributed by atoms with Gasteiger partial charge in [-0.25, -0.2) is 8.42 Å². The molecule has 0 spiro atoms. The number of sulfonamides is 1. The van der Waals surface area contributed by atoms with E-state index in [9.17, 15) is 18.0 Å². The molecular weight excluding hydrogens is 513 g/mol. The highest BCUT2D eigenvalue weighted by Gasteiger charge is 2.30. The molecule has 0 aliphatic rings. The number of carbonyl (C=O) groups is 2. The van der Waals surface area contributed by atoms with Gasteiger partial charge in [0.1, 0.15) is 18.3 Å². The summed E-state index contributed by atoms with van der Waals surface area (Å²) in [6.45, 7) is 3.64. The molecule has 35 heavy (non-hydrogen) atoms. The van der Waals surface area contributed by atoms with E-state index >= 15 is 0 Å². The smallest absolute Gasteiger partial charge is 0.244 e. The van der Waals surface area contributed by atoms with Crippen LogP contribution >= 0.6 is 23.2 Å². The van der Waals surface area contributed by atoms with E-state index in [1.54, 1.807) is 38.3 Å². The Morgan fingerprint density at radius 1 is 1.11 bits per heavy atom. The second-order valence-corrected chi connectivity index (χ2v) is 10.8. The monoisotopic (exact) mass is 543 g/mol. The summed E-state index contributed by atoms with van der Waals surface area (Å²) >= 11 is 12.3. The summed E-state index contributed by atoms with van der Waals surface area (Å²) in [5.41, 5.74) is 0.832. The molecule has 11 heteroatoms. The predicted octanol–water partition coefficient (Wildman–Crippen LogP) is 4.10. The van der Waals surface area contributed by atoms with Crippen molar-refractivity contribution in [3.63, 3.8) is 0 Å². The maximum atomic E-state index is 13.5. The van der Waals surface area contributed by atoms with Crippen LogP contribution in [-0.4, -0.2) is 57.6 Å². The van der Waals surface area contributed by atoms with Gasteiger partial charge in [-0.15, -0.1) is 0 Å². The van der Waals surface area contributed by atoms with Gasteiger partial charge in [0.25, 0.3) is 0 Å². The molecule has 0 aliphatic carbocycles. The number of nitrogens with zero attached hydrogens (tertiary/aromatic N) is 2. The molecule has 0 aromatic heterocycles. The average molecular weight is 545 g/mol. The first-order valence-electron chi connectivity index (χ1n) is 11.1. The molecule has 2 aromatic carbocycles. The van der Waals surface area contributed by atoms with Crippen molar-refractivity contribution in [2.24, 2.45) is 0 Å². The third-order valence-corrected chi connectivity index (χ3v) is 7.05. The molecule has 0 saturated carbocycles. The molecule has 1 atom stereocenters. The van der Waals surface area contributed by atoms with Crippen LogP contribution < -0.4 is 14.4 Å². The molecule has 0 bridgehead atoms. The zero-order valence-electron chi connectivity index (χ0n) is 20.3. The number of nitrogens with one attached hydrogen (secondary N) is 1. The van der Waals surface area contributed by atoms with Gasteiger partial charge in [0.2, 0.25) is 21.8 Å². The number of unbranched alkanes of at least 4 members (excludes halogenated alkanes) is 1. The minimum Gasteiger partial charge on any atom is -0.497 e. The van der Waals surface area contributed by atoms with Crippen LogP contribution in [0, 0.1) is 0 Å². The fraction of sp³-hybridized carbons (Fsp3) is 0.417. The molecule has 2 amide bonds. The van der Waals surface area contributed by atoms with Gasteiger partial charge in [0, 0.05) is 18.1 Å². The van der Waals surface area contributed by atoms with Crippen LogP contribution in [-0.2, 0) is 26.2 Å². The number of methoxy groups -OCH3 is 1. The number of hydrogen-bond donors (Lipinski definition) is 1. The third-order valence-electron chi connectivity index (χ3n) is 5.36. The molecule has 0 saturated heterocycles. The summed E-state index contributed by atoms with van der Waals surface area (Å²) in [5.74, 6) is -0.247. The highest BCUT2D eigenvalue weighted by atomic mass is 35.5. The lowest BCUT2D eigenvalue weighted by molar-refractivity contribution is -0.139. The fourth-order valence-corrected chi connectivity index (χ4v) is 4.61. The number of ether oxygens (including phenoxy) is 1. The highest BCUT2D eigenvalue weighted by molar-refractivity contribution is 7.92. The summed E-state index contributed by atoms with van der Waals surface area (Å²) in [5, 5.41) is 3.22. The molecule has 2 aromatic rings. The van der Waals surface area contributed by atoms with E-state index in [1.165, 1.54) is 23.1 Å². The Hall–Kier alpha value is -2.49. The Labute approximate surface area is 217 Å². The number of hydrogen-bond acceptors (Lipinski definition) is 5. The van der Waals surface area contributed by atoms with Crippen LogP contribution in [0.5, 0.6) is 5.75 Å². The number of anilines is 1.